The Morgan fingerprint density at radius 2 is 1.84 bits per heavy atom. The van der Waals surface area contributed by atoms with Crippen LogP contribution in [-0.2, 0) is 6.54 Å². The molecule has 0 aromatic heterocycles. The van der Waals surface area contributed by atoms with Crippen LogP contribution in [0.5, 0.6) is 17.2 Å². The summed E-state index contributed by atoms with van der Waals surface area (Å²) in [6.07, 6.45) is 0. The topological polar surface area (TPSA) is 44.5 Å². The number of benzene rings is 2. The Hall–Kier alpha value is -1.71. The fraction of sp³-hybridized carbons (Fsp3) is 0.200. The Morgan fingerprint density at radius 3 is 2.58 bits per heavy atom. The second-order valence-corrected chi connectivity index (χ2v) is 4.35. The van der Waals surface area contributed by atoms with E-state index in [0.717, 1.165) is 11.3 Å². The minimum absolute atomic E-state index is 0.376. The summed E-state index contributed by atoms with van der Waals surface area (Å²) in [6.45, 7) is 2.93. The van der Waals surface area contributed by atoms with Gasteiger partial charge in [0, 0.05) is 18.2 Å². The molecule has 0 aliphatic carbocycles. The molecule has 0 amide bonds. The second kappa shape index (κ2) is 6.45. The van der Waals surface area contributed by atoms with Gasteiger partial charge in [-0.25, -0.2) is 0 Å². The number of rotatable bonds is 5. The molecule has 19 heavy (non-hydrogen) atoms. The number of hydrogen-bond acceptors (Lipinski definition) is 3. The van der Waals surface area contributed by atoms with E-state index in [-0.39, 0.29) is 0 Å². The van der Waals surface area contributed by atoms with Crippen LogP contribution in [0.2, 0.25) is 5.02 Å². The van der Waals surface area contributed by atoms with E-state index in [1.807, 2.05) is 43.3 Å². The molecule has 0 spiro atoms. The summed E-state index contributed by atoms with van der Waals surface area (Å²) in [5, 5.41) is 0.546. The third-order valence-electron chi connectivity index (χ3n) is 2.60. The van der Waals surface area contributed by atoms with Gasteiger partial charge in [-0.2, -0.15) is 0 Å². The Bertz CT molecular complexity index is 558. The summed E-state index contributed by atoms with van der Waals surface area (Å²) in [6, 6.07) is 13.0. The zero-order chi connectivity index (χ0) is 13.7. The van der Waals surface area contributed by atoms with Crippen molar-refractivity contribution in [2.24, 2.45) is 5.73 Å². The van der Waals surface area contributed by atoms with E-state index in [4.69, 9.17) is 26.8 Å². The van der Waals surface area contributed by atoms with Gasteiger partial charge in [-0.1, -0.05) is 29.8 Å². The monoisotopic (exact) mass is 277 g/mol. The van der Waals surface area contributed by atoms with Gasteiger partial charge in [0.05, 0.1) is 11.6 Å². The van der Waals surface area contributed by atoms with Crippen LogP contribution >= 0.6 is 11.6 Å². The van der Waals surface area contributed by atoms with Gasteiger partial charge in [-0.3, -0.25) is 0 Å². The molecule has 4 heteroatoms. The van der Waals surface area contributed by atoms with E-state index < -0.39 is 0 Å². The lowest BCUT2D eigenvalue weighted by atomic mass is 10.2. The Labute approximate surface area is 117 Å². The lowest BCUT2D eigenvalue weighted by molar-refractivity contribution is 0.338. The molecule has 2 N–H and O–H groups in total. The van der Waals surface area contributed by atoms with Crippen LogP contribution < -0.4 is 15.2 Å². The van der Waals surface area contributed by atoms with Gasteiger partial charge < -0.3 is 15.2 Å². The normalized spacial score (nSPS) is 10.3. The third kappa shape index (κ3) is 3.40. The molecule has 0 bridgehead atoms. The summed E-state index contributed by atoms with van der Waals surface area (Å²) < 4.78 is 11.3. The summed E-state index contributed by atoms with van der Waals surface area (Å²) in [4.78, 5) is 0. The van der Waals surface area contributed by atoms with Crippen molar-refractivity contribution < 1.29 is 9.47 Å². The summed E-state index contributed by atoms with van der Waals surface area (Å²) >= 11 is 6.15. The highest BCUT2D eigenvalue weighted by atomic mass is 35.5. The van der Waals surface area contributed by atoms with E-state index in [1.165, 1.54) is 0 Å². The summed E-state index contributed by atoms with van der Waals surface area (Å²) in [5.41, 5.74) is 6.56. The second-order valence-electron chi connectivity index (χ2n) is 3.94. The van der Waals surface area contributed by atoms with Crippen molar-refractivity contribution in [1.29, 1.82) is 0 Å². The van der Waals surface area contributed by atoms with E-state index in [2.05, 4.69) is 0 Å². The molecule has 0 aliphatic heterocycles. The van der Waals surface area contributed by atoms with Crippen LogP contribution in [0.15, 0.2) is 42.5 Å². The number of para-hydroxylation sites is 1. The molecule has 2 aromatic carbocycles. The lowest BCUT2D eigenvalue weighted by Crippen LogP contribution is -2.00. The first kappa shape index (κ1) is 13.7. The lowest BCUT2D eigenvalue weighted by Gasteiger charge is -2.12. The van der Waals surface area contributed by atoms with E-state index in [0.29, 0.717) is 29.7 Å². The van der Waals surface area contributed by atoms with Gasteiger partial charge >= 0.3 is 0 Å². The molecule has 0 unspecified atom stereocenters. The van der Waals surface area contributed by atoms with Crippen LogP contribution in [0, 0.1) is 0 Å². The van der Waals surface area contributed by atoms with Crippen molar-refractivity contribution in [2.75, 3.05) is 6.61 Å². The molecule has 0 aliphatic rings. The first-order valence-corrected chi connectivity index (χ1v) is 6.50. The Balaban J connectivity index is 2.28. The van der Waals surface area contributed by atoms with Crippen LogP contribution in [0.25, 0.3) is 0 Å². The first-order valence-electron chi connectivity index (χ1n) is 6.12. The summed E-state index contributed by atoms with van der Waals surface area (Å²) in [7, 11) is 0. The van der Waals surface area contributed by atoms with Crippen LogP contribution in [0.4, 0.5) is 0 Å². The average Bonchev–Trinajstić information content (AvgIpc) is 2.42. The molecule has 0 saturated heterocycles. The SMILES string of the molecule is CCOc1cccc(Oc2c(Cl)cccc2CN)c1. The zero-order valence-corrected chi connectivity index (χ0v) is 11.5. The first-order chi connectivity index (χ1) is 9.24. The average molecular weight is 278 g/mol. The van der Waals surface area contributed by atoms with Crippen molar-refractivity contribution in [3.63, 3.8) is 0 Å². The fourth-order valence-corrected chi connectivity index (χ4v) is 1.97. The van der Waals surface area contributed by atoms with Crippen LogP contribution in [-0.4, -0.2) is 6.61 Å². The van der Waals surface area contributed by atoms with Crippen molar-refractivity contribution in [3.8, 4) is 17.2 Å². The number of halogens is 1. The highest BCUT2D eigenvalue weighted by molar-refractivity contribution is 6.32. The number of ether oxygens (including phenoxy) is 2. The molecule has 0 saturated carbocycles. The molecule has 0 radical (unpaired) electrons. The molecule has 0 heterocycles. The largest absolute Gasteiger partial charge is 0.494 e. The quantitative estimate of drug-likeness (QED) is 0.899. The van der Waals surface area contributed by atoms with Gasteiger partial charge in [-0.15, -0.1) is 0 Å². The molecule has 2 aromatic rings. The smallest absolute Gasteiger partial charge is 0.150 e. The maximum absolute atomic E-state index is 6.15. The molecular formula is C15H16ClNO2. The van der Waals surface area contributed by atoms with Crippen molar-refractivity contribution in [2.45, 2.75) is 13.5 Å². The fourth-order valence-electron chi connectivity index (χ4n) is 1.74. The molecule has 0 fully saturated rings. The highest BCUT2D eigenvalue weighted by Crippen LogP contribution is 2.33. The number of nitrogens with two attached hydrogens (primary N) is 1. The predicted molar refractivity (Wildman–Crippen MR) is 77.0 cm³/mol. The van der Waals surface area contributed by atoms with Gasteiger partial charge in [0.25, 0.3) is 0 Å². The van der Waals surface area contributed by atoms with E-state index in [1.54, 1.807) is 6.07 Å². The minimum Gasteiger partial charge on any atom is -0.494 e. The van der Waals surface area contributed by atoms with Gasteiger partial charge in [0.2, 0.25) is 0 Å². The van der Waals surface area contributed by atoms with E-state index in [9.17, 15) is 0 Å². The molecule has 100 valence electrons. The zero-order valence-electron chi connectivity index (χ0n) is 10.7. The Kier molecular flexibility index (Phi) is 4.66. The Morgan fingerprint density at radius 1 is 1.11 bits per heavy atom. The molecule has 3 nitrogen and oxygen atoms in total. The van der Waals surface area contributed by atoms with Gasteiger partial charge in [0.1, 0.15) is 17.2 Å². The molecule has 2 rings (SSSR count). The molecule has 0 atom stereocenters. The van der Waals surface area contributed by atoms with E-state index >= 15 is 0 Å². The molecular weight excluding hydrogens is 262 g/mol. The predicted octanol–water partition coefficient (Wildman–Crippen LogP) is 3.99. The van der Waals surface area contributed by atoms with Gasteiger partial charge in [-0.05, 0) is 25.1 Å². The maximum Gasteiger partial charge on any atom is 0.150 e. The third-order valence-corrected chi connectivity index (χ3v) is 2.90. The van der Waals surface area contributed by atoms with Crippen LogP contribution in [0.1, 0.15) is 12.5 Å². The minimum atomic E-state index is 0.376. The van der Waals surface area contributed by atoms with Crippen molar-refractivity contribution in [3.05, 3.63) is 53.1 Å². The standard InChI is InChI=1S/C15H16ClNO2/c1-2-18-12-6-4-7-13(9-12)19-15-11(10-17)5-3-8-14(15)16/h3-9H,2,10,17H2,1H3. The van der Waals surface area contributed by atoms with Crippen molar-refractivity contribution >= 4 is 11.6 Å². The number of hydrogen-bond donors (Lipinski definition) is 1. The van der Waals surface area contributed by atoms with Crippen molar-refractivity contribution in [1.82, 2.24) is 0 Å². The highest BCUT2D eigenvalue weighted by Gasteiger charge is 2.09. The van der Waals surface area contributed by atoms with Gasteiger partial charge in [0.15, 0.2) is 0 Å². The maximum atomic E-state index is 6.15. The van der Waals surface area contributed by atoms with Crippen LogP contribution in [0.3, 0.4) is 0 Å². The summed E-state index contributed by atoms with van der Waals surface area (Å²) in [5.74, 6) is 2.04.